The predicted octanol–water partition coefficient (Wildman–Crippen LogP) is 3.32. The van der Waals surface area contributed by atoms with E-state index in [4.69, 9.17) is 11.1 Å². The van der Waals surface area contributed by atoms with Crippen molar-refractivity contribution in [2.45, 2.75) is 6.92 Å². The molecular weight excluding hydrogens is 308 g/mol. The summed E-state index contributed by atoms with van der Waals surface area (Å²) in [5.74, 6) is 0. The van der Waals surface area contributed by atoms with E-state index in [1.165, 1.54) is 11.3 Å². The van der Waals surface area contributed by atoms with Crippen molar-refractivity contribution in [3.63, 3.8) is 0 Å². The zero-order valence-corrected chi connectivity index (χ0v) is 13.2. The molecule has 0 aliphatic rings. The first-order valence-corrected chi connectivity index (χ1v) is 7.74. The number of nitrogen functional groups attached to an aromatic ring is 1. The fourth-order valence-electron chi connectivity index (χ4n) is 2.24. The van der Waals surface area contributed by atoms with Crippen LogP contribution in [0, 0.1) is 12.3 Å². The Morgan fingerprint density at radius 2 is 2.13 bits per heavy atom. The van der Waals surface area contributed by atoms with Gasteiger partial charge in [-0.15, -0.1) is 11.3 Å². The summed E-state index contributed by atoms with van der Waals surface area (Å²) in [7, 11) is 0. The Hall–Kier alpha value is -2.86. The van der Waals surface area contributed by atoms with E-state index in [-0.39, 0.29) is 5.71 Å². The quantitative estimate of drug-likeness (QED) is 0.438. The molecule has 0 radical (unpaired) electrons. The van der Waals surface area contributed by atoms with Gasteiger partial charge in [-0.2, -0.15) is 0 Å². The van der Waals surface area contributed by atoms with Gasteiger partial charge in [-0.3, -0.25) is 15.2 Å². The van der Waals surface area contributed by atoms with Crippen molar-refractivity contribution in [1.82, 2.24) is 9.97 Å². The number of aromatic nitrogens is 2. The number of hydrogen-bond acceptors (Lipinski definition) is 6. The zero-order valence-electron chi connectivity index (χ0n) is 12.4. The average Bonchev–Trinajstić information content (AvgIpc) is 3.02. The third-order valence-corrected chi connectivity index (χ3v) is 4.63. The highest BCUT2D eigenvalue weighted by Gasteiger charge is 2.18. The van der Waals surface area contributed by atoms with Crippen molar-refractivity contribution in [1.29, 1.82) is 5.41 Å². The predicted molar refractivity (Wildman–Crippen MR) is 92.3 cm³/mol. The van der Waals surface area contributed by atoms with E-state index in [0.717, 1.165) is 11.1 Å². The van der Waals surface area contributed by atoms with E-state index in [9.17, 15) is 4.79 Å². The van der Waals surface area contributed by atoms with Gasteiger partial charge >= 0.3 is 0 Å². The molecule has 6 heteroatoms. The van der Waals surface area contributed by atoms with Crippen LogP contribution in [0.4, 0.5) is 5.69 Å². The molecule has 3 rings (SSSR count). The molecule has 0 atom stereocenters. The summed E-state index contributed by atoms with van der Waals surface area (Å²) in [6, 6.07) is 9.20. The van der Waals surface area contributed by atoms with Gasteiger partial charge in [0.15, 0.2) is 6.29 Å². The standard InChI is InChI=1S/C17H14N4OS/c1-10-4-2-6-12(14(10)18)15(19)17-21-13(9-22)16(23-17)11-5-3-7-20-8-11/h2-9,19H,18H2,1H3. The number of anilines is 1. The number of aryl methyl sites for hydroxylation is 1. The summed E-state index contributed by atoms with van der Waals surface area (Å²) in [5, 5.41) is 8.85. The number of carbonyl (C=O) groups excluding carboxylic acids is 1. The SMILES string of the molecule is Cc1cccc(C(=N)c2nc(C=O)c(-c3cccnc3)s2)c1N. The van der Waals surface area contributed by atoms with Gasteiger partial charge in [0.1, 0.15) is 10.7 Å². The molecule has 0 saturated heterocycles. The van der Waals surface area contributed by atoms with Crippen LogP contribution in [0.25, 0.3) is 10.4 Å². The maximum atomic E-state index is 11.3. The first-order chi connectivity index (χ1) is 11.1. The van der Waals surface area contributed by atoms with Crippen LogP contribution in [0.15, 0.2) is 42.7 Å². The van der Waals surface area contributed by atoms with Crippen LogP contribution in [0.2, 0.25) is 0 Å². The third kappa shape index (κ3) is 2.76. The number of aldehydes is 1. The third-order valence-electron chi connectivity index (χ3n) is 3.50. The number of para-hydroxylation sites is 1. The molecule has 0 bridgehead atoms. The van der Waals surface area contributed by atoms with Gasteiger partial charge in [-0.25, -0.2) is 4.98 Å². The lowest BCUT2D eigenvalue weighted by atomic mass is 10.0. The summed E-state index contributed by atoms with van der Waals surface area (Å²) in [6.07, 6.45) is 4.05. The summed E-state index contributed by atoms with van der Waals surface area (Å²) in [5.41, 5.74) is 9.49. The molecule has 0 unspecified atom stereocenters. The van der Waals surface area contributed by atoms with E-state index >= 15 is 0 Å². The number of rotatable bonds is 4. The lowest BCUT2D eigenvalue weighted by molar-refractivity contribution is 0.112. The zero-order chi connectivity index (χ0) is 16.4. The Balaban J connectivity index is 2.08. The van der Waals surface area contributed by atoms with Gasteiger partial charge < -0.3 is 5.73 Å². The highest BCUT2D eigenvalue weighted by Crippen LogP contribution is 2.31. The van der Waals surface area contributed by atoms with Crippen molar-refractivity contribution in [3.05, 3.63) is 64.6 Å². The Morgan fingerprint density at radius 3 is 2.83 bits per heavy atom. The molecule has 23 heavy (non-hydrogen) atoms. The van der Waals surface area contributed by atoms with Crippen molar-refractivity contribution in [2.75, 3.05) is 5.73 Å². The second-order valence-corrected chi connectivity index (χ2v) is 6.00. The Kier molecular flexibility index (Phi) is 3.99. The lowest BCUT2D eigenvalue weighted by Gasteiger charge is -2.07. The Morgan fingerprint density at radius 1 is 1.30 bits per heavy atom. The number of carbonyl (C=O) groups is 1. The molecule has 5 nitrogen and oxygen atoms in total. The van der Waals surface area contributed by atoms with Crippen molar-refractivity contribution in [2.24, 2.45) is 0 Å². The molecule has 0 aliphatic carbocycles. The van der Waals surface area contributed by atoms with Gasteiger partial charge in [-0.1, -0.05) is 24.3 Å². The number of pyridine rings is 1. The topological polar surface area (TPSA) is 92.7 Å². The molecule has 3 N–H and O–H groups in total. The van der Waals surface area contributed by atoms with Crippen LogP contribution < -0.4 is 5.73 Å². The molecule has 1 aromatic carbocycles. The van der Waals surface area contributed by atoms with E-state index in [2.05, 4.69) is 9.97 Å². The lowest BCUT2D eigenvalue weighted by Crippen LogP contribution is -2.06. The van der Waals surface area contributed by atoms with Crippen LogP contribution in [-0.4, -0.2) is 22.0 Å². The van der Waals surface area contributed by atoms with Crippen molar-refractivity contribution < 1.29 is 4.79 Å². The highest BCUT2D eigenvalue weighted by molar-refractivity contribution is 7.17. The number of nitrogens with one attached hydrogen (secondary N) is 1. The van der Waals surface area contributed by atoms with E-state index < -0.39 is 0 Å². The van der Waals surface area contributed by atoms with Crippen molar-refractivity contribution in [3.8, 4) is 10.4 Å². The number of benzene rings is 1. The minimum atomic E-state index is 0.217. The van der Waals surface area contributed by atoms with E-state index in [1.807, 2.05) is 25.1 Å². The van der Waals surface area contributed by atoms with Crippen LogP contribution >= 0.6 is 11.3 Å². The molecule has 114 valence electrons. The maximum Gasteiger partial charge on any atom is 0.169 e. The van der Waals surface area contributed by atoms with Gasteiger partial charge in [0, 0.05) is 29.2 Å². The Bertz CT molecular complexity index is 887. The first-order valence-electron chi connectivity index (χ1n) is 6.92. The number of nitrogens with two attached hydrogens (primary N) is 1. The molecule has 0 saturated carbocycles. The maximum absolute atomic E-state index is 11.3. The monoisotopic (exact) mass is 322 g/mol. The second-order valence-electron chi connectivity index (χ2n) is 5.00. The highest BCUT2D eigenvalue weighted by atomic mass is 32.1. The van der Waals surface area contributed by atoms with E-state index in [0.29, 0.717) is 33.1 Å². The smallest absolute Gasteiger partial charge is 0.169 e. The van der Waals surface area contributed by atoms with Crippen LogP contribution in [0.1, 0.15) is 26.6 Å². The van der Waals surface area contributed by atoms with Gasteiger partial charge in [0.05, 0.1) is 10.6 Å². The van der Waals surface area contributed by atoms with Gasteiger partial charge in [0.2, 0.25) is 0 Å². The average molecular weight is 322 g/mol. The number of thiazole rings is 1. The largest absolute Gasteiger partial charge is 0.398 e. The minimum Gasteiger partial charge on any atom is -0.398 e. The minimum absolute atomic E-state index is 0.217. The van der Waals surface area contributed by atoms with Gasteiger partial charge in [-0.05, 0) is 18.6 Å². The second kappa shape index (κ2) is 6.10. The van der Waals surface area contributed by atoms with Crippen molar-refractivity contribution >= 4 is 29.0 Å². The molecule has 0 spiro atoms. The van der Waals surface area contributed by atoms with Crippen LogP contribution in [0.3, 0.4) is 0 Å². The normalized spacial score (nSPS) is 10.5. The Labute approximate surface area is 137 Å². The first kappa shape index (κ1) is 15.1. The van der Waals surface area contributed by atoms with Crippen LogP contribution in [-0.2, 0) is 0 Å². The molecule has 0 amide bonds. The molecule has 2 heterocycles. The van der Waals surface area contributed by atoms with Gasteiger partial charge in [0.25, 0.3) is 0 Å². The molecule has 2 aromatic heterocycles. The van der Waals surface area contributed by atoms with Crippen LogP contribution in [0.5, 0.6) is 0 Å². The molecule has 0 fully saturated rings. The summed E-state index contributed by atoms with van der Waals surface area (Å²) in [4.78, 5) is 20.4. The summed E-state index contributed by atoms with van der Waals surface area (Å²) < 4.78 is 0. The van der Waals surface area contributed by atoms with E-state index in [1.54, 1.807) is 24.5 Å². The molecular formula is C17H14N4OS. The molecule has 0 aliphatic heterocycles. The fourth-order valence-corrected chi connectivity index (χ4v) is 3.22. The molecule has 3 aromatic rings. The fraction of sp³-hybridized carbons (Fsp3) is 0.0588. The number of hydrogen-bond donors (Lipinski definition) is 2. The summed E-state index contributed by atoms with van der Waals surface area (Å²) in [6.45, 7) is 1.89. The number of nitrogens with zero attached hydrogens (tertiary/aromatic N) is 2. The summed E-state index contributed by atoms with van der Waals surface area (Å²) >= 11 is 1.29.